The molecule has 0 saturated carbocycles. The van der Waals surface area contributed by atoms with E-state index in [2.05, 4.69) is 5.10 Å². The minimum absolute atomic E-state index is 0.0218. The van der Waals surface area contributed by atoms with E-state index in [1.807, 2.05) is 5.32 Å². The molecule has 30 heavy (non-hydrogen) atoms. The lowest BCUT2D eigenvalue weighted by atomic mass is 10.0. The van der Waals surface area contributed by atoms with Crippen molar-refractivity contribution in [2.75, 3.05) is 24.1 Å². The number of anilines is 1. The number of halogens is 1. The molecular formula is C21H23FN4O3S. The van der Waals surface area contributed by atoms with Crippen molar-refractivity contribution in [1.29, 1.82) is 0 Å². The van der Waals surface area contributed by atoms with Gasteiger partial charge >= 0.3 is 0 Å². The average Bonchev–Trinajstić information content (AvgIpc) is 3.04. The van der Waals surface area contributed by atoms with Crippen molar-refractivity contribution in [3.63, 3.8) is 0 Å². The van der Waals surface area contributed by atoms with Crippen molar-refractivity contribution in [3.8, 4) is 11.3 Å². The molecule has 0 bridgehead atoms. The number of hydrogen-bond acceptors (Lipinski definition) is 4. The molecule has 4 rings (SSSR count). The highest BCUT2D eigenvalue weighted by atomic mass is 32.2. The van der Waals surface area contributed by atoms with Gasteiger partial charge in [0.2, 0.25) is 10.0 Å². The van der Waals surface area contributed by atoms with E-state index in [0.717, 1.165) is 31.1 Å². The summed E-state index contributed by atoms with van der Waals surface area (Å²) >= 11 is 0. The van der Waals surface area contributed by atoms with Gasteiger partial charge in [-0.3, -0.25) is 9.10 Å². The summed E-state index contributed by atoms with van der Waals surface area (Å²) in [6, 6.07) is 7.02. The summed E-state index contributed by atoms with van der Waals surface area (Å²) in [6.07, 6.45) is 5.70. The SMILES string of the molecule is [2H]C([2H])([2H])NC(=O)c1c(-c2ccc(F)cc2)nn2cc3c(cc12)CCCCCN3S(C)(=O)=O. The van der Waals surface area contributed by atoms with Gasteiger partial charge in [0.15, 0.2) is 0 Å². The van der Waals surface area contributed by atoms with E-state index >= 15 is 0 Å². The molecule has 1 amide bonds. The molecule has 0 radical (unpaired) electrons. The van der Waals surface area contributed by atoms with Gasteiger partial charge in [0.05, 0.1) is 29.2 Å². The fourth-order valence-corrected chi connectivity index (χ4v) is 4.84. The number of aryl methyl sites for hydroxylation is 1. The molecule has 1 aliphatic rings. The molecule has 0 atom stereocenters. The van der Waals surface area contributed by atoms with E-state index in [9.17, 15) is 17.6 Å². The van der Waals surface area contributed by atoms with Crippen molar-refractivity contribution in [2.45, 2.75) is 25.7 Å². The molecule has 1 aromatic carbocycles. The van der Waals surface area contributed by atoms with Crippen molar-refractivity contribution >= 4 is 27.1 Å². The zero-order valence-electron chi connectivity index (χ0n) is 19.4. The lowest BCUT2D eigenvalue weighted by Gasteiger charge is -2.27. The lowest BCUT2D eigenvalue weighted by Crippen LogP contribution is -2.32. The Labute approximate surface area is 178 Å². The van der Waals surface area contributed by atoms with Crippen LogP contribution in [-0.2, 0) is 16.4 Å². The van der Waals surface area contributed by atoms with Gasteiger partial charge in [-0.1, -0.05) is 6.42 Å². The number of nitrogens with zero attached hydrogens (tertiary/aromatic N) is 3. The Balaban J connectivity index is 1.98. The molecule has 0 spiro atoms. The molecule has 0 saturated heterocycles. The number of amides is 1. The van der Waals surface area contributed by atoms with Crippen LogP contribution in [0.25, 0.3) is 16.8 Å². The molecule has 7 nitrogen and oxygen atoms in total. The van der Waals surface area contributed by atoms with Crippen molar-refractivity contribution < 1.29 is 21.7 Å². The molecule has 158 valence electrons. The third-order valence-corrected chi connectivity index (χ3v) is 6.45. The molecule has 3 heterocycles. The first-order valence-corrected chi connectivity index (χ1v) is 11.4. The Bertz CT molecular complexity index is 1320. The second kappa shape index (κ2) is 7.71. The third kappa shape index (κ3) is 3.65. The summed E-state index contributed by atoms with van der Waals surface area (Å²) in [7, 11) is -3.55. The summed E-state index contributed by atoms with van der Waals surface area (Å²) in [6.45, 7) is -2.39. The maximum absolute atomic E-state index is 13.5. The smallest absolute Gasteiger partial charge is 0.255 e. The van der Waals surface area contributed by atoms with Gasteiger partial charge < -0.3 is 5.32 Å². The first kappa shape index (κ1) is 16.8. The number of pyridine rings is 1. The zero-order chi connectivity index (χ0) is 24.0. The van der Waals surface area contributed by atoms with Crippen LogP contribution in [0.3, 0.4) is 0 Å². The Kier molecular flexibility index (Phi) is 4.32. The van der Waals surface area contributed by atoms with Gasteiger partial charge in [-0.25, -0.2) is 17.3 Å². The largest absolute Gasteiger partial charge is 0.355 e. The predicted molar refractivity (Wildman–Crippen MR) is 114 cm³/mol. The normalized spacial score (nSPS) is 16.7. The molecule has 0 aliphatic carbocycles. The van der Waals surface area contributed by atoms with E-state index < -0.39 is 28.7 Å². The molecule has 3 aromatic rings. The molecule has 2 aromatic heterocycles. The van der Waals surface area contributed by atoms with Gasteiger partial charge in [-0.2, -0.15) is 5.10 Å². The minimum atomic E-state index is -3.55. The van der Waals surface area contributed by atoms with E-state index in [-0.39, 0.29) is 11.3 Å². The summed E-state index contributed by atoms with van der Waals surface area (Å²) < 4.78 is 63.4. The van der Waals surface area contributed by atoms with Crippen molar-refractivity contribution in [3.05, 3.63) is 53.5 Å². The highest BCUT2D eigenvalue weighted by Crippen LogP contribution is 2.33. The number of carbonyl (C=O) groups excluding carboxylic acids is 1. The Morgan fingerprint density at radius 1 is 1.23 bits per heavy atom. The fraction of sp³-hybridized carbons (Fsp3) is 0.333. The lowest BCUT2D eigenvalue weighted by molar-refractivity contribution is 0.0965. The fourth-order valence-electron chi connectivity index (χ4n) is 3.86. The van der Waals surface area contributed by atoms with Gasteiger partial charge in [-0.05, 0) is 55.2 Å². The van der Waals surface area contributed by atoms with Gasteiger partial charge in [0.25, 0.3) is 5.91 Å². The van der Waals surface area contributed by atoms with Gasteiger partial charge in [-0.15, -0.1) is 0 Å². The summed E-state index contributed by atoms with van der Waals surface area (Å²) in [5.74, 6) is -1.32. The van der Waals surface area contributed by atoms with Crippen LogP contribution in [0.2, 0.25) is 0 Å². The number of rotatable bonds is 3. The van der Waals surface area contributed by atoms with Crippen molar-refractivity contribution in [2.24, 2.45) is 0 Å². The van der Waals surface area contributed by atoms with Crippen LogP contribution >= 0.6 is 0 Å². The van der Waals surface area contributed by atoms with Crippen LogP contribution in [0.15, 0.2) is 36.5 Å². The monoisotopic (exact) mass is 433 g/mol. The highest BCUT2D eigenvalue weighted by molar-refractivity contribution is 7.92. The van der Waals surface area contributed by atoms with Gasteiger partial charge in [0.1, 0.15) is 11.5 Å². The molecule has 1 N–H and O–H groups in total. The number of aromatic nitrogens is 2. The molecule has 1 aliphatic heterocycles. The summed E-state index contributed by atoms with van der Waals surface area (Å²) in [5, 5.41) is 6.47. The first-order chi connectivity index (χ1) is 15.4. The summed E-state index contributed by atoms with van der Waals surface area (Å²) in [4.78, 5) is 13.0. The van der Waals surface area contributed by atoms with Gasteiger partial charge in [0, 0.05) is 23.2 Å². The number of fused-ring (bicyclic) bond motifs is 2. The number of nitrogens with one attached hydrogen (secondary N) is 1. The van der Waals surface area contributed by atoms with E-state index in [1.165, 1.54) is 33.1 Å². The molecule has 0 fully saturated rings. The number of hydrogen-bond donors (Lipinski definition) is 1. The Hall–Kier alpha value is -2.94. The highest BCUT2D eigenvalue weighted by Gasteiger charge is 2.26. The topological polar surface area (TPSA) is 83.8 Å². The van der Waals surface area contributed by atoms with Crippen LogP contribution in [0.5, 0.6) is 0 Å². The minimum Gasteiger partial charge on any atom is -0.355 e. The van der Waals surface area contributed by atoms with Crippen LogP contribution in [0, 0.1) is 5.82 Å². The summed E-state index contributed by atoms with van der Waals surface area (Å²) in [5.41, 5.74) is 2.14. The standard InChI is InChI=1S/C21H23FN4O3S/c1-23-21(27)19-17-12-15-6-4-3-5-11-26(30(2,28)29)18(15)13-25(17)24-20(19)14-7-9-16(22)10-8-14/h7-10,12-13H,3-6,11H2,1-2H3,(H,23,27)/i1D3. The van der Waals surface area contributed by atoms with Crippen LogP contribution in [-0.4, -0.2) is 43.7 Å². The van der Waals surface area contributed by atoms with E-state index in [0.29, 0.717) is 29.7 Å². The van der Waals surface area contributed by atoms with E-state index in [1.54, 1.807) is 12.3 Å². The number of carbonyl (C=O) groups is 1. The number of benzene rings is 1. The third-order valence-electron chi connectivity index (χ3n) is 5.27. The van der Waals surface area contributed by atoms with Crippen LogP contribution < -0.4 is 9.62 Å². The maximum atomic E-state index is 13.5. The second-order valence-corrected chi connectivity index (χ2v) is 9.25. The number of sulfonamides is 1. The second-order valence-electron chi connectivity index (χ2n) is 7.34. The maximum Gasteiger partial charge on any atom is 0.255 e. The van der Waals surface area contributed by atoms with Crippen LogP contribution in [0.4, 0.5) is 10.1 Å². The zero-order valence-corrected chi connectivity index (χ0v) is 17.2. The first-order valence-electron chi connectivity index (χ1n) is 11.1. The van der Waals surface area contributed by atoms with Crippen LogP contribution in [0.1, 0.15) is 39.3 Å². The average molecular weight is 434 g/mol. The quantitative estimate of drug-likeness (QED) is 0.688. The molecule has 0 unspecified atom stereocenters. The Morgan fingerprint density at radius 2 is 2.00 bits per heavy atom. The van der Waals surface area contributed by atoms with E-state index in [4.69, 9.17) is 4.11 Å². The van der Waals surface area contributed by atoms with Crippen molar-refractivity contribution in [1.82, 2.24) is 14.9 Å². The Morgan fingerprint density at radius 3 is 2.70 bits per heavy atom. The molecular weight excluding hydrogens is 407 g/mol. The molecule has 9 heteroatoms. The predicted octanol–water partition coefficient (Wildman–Crippen LogP) is 2.99.